The van der Waals surface area contributed by atoms with Gasteiger partial charge in [0.05, 0.1) is 12.7 Å². The van der Waals surface area contributed by atoms with E-state index >= 15 is 0 Å². The van der Waals surface area contributed by atoms with E-state index in [1.807, 2.05) is 36.5 Å². The zero-order valence-electron chi connectivity index (χ0n) is 15.8. The molecule has 1 aliphatic rings. The van der Waals surface area contributed by atoms with Crippen LogP contribution in [0.3, 0.4) is 0 Å². The topological polar surface area (TPSA) is 61.8 Å². The van der Waals surface area contributed by atoms with E-state index in [1.165, 1.54) is 0 Å². The van der Waals surface area contributed by atoms with Crippen molar-refractivity contribution in [2.45, 2.75) is 26.1 Å². The first-order valence-electron chi connectivity index (χ1n) is 9.14. The first-order chi connectivity index (χ1) is 13.1. The number of hydrogen-bond donors (Lipinski definition) is 2. The van der Waals surface area contributed by atoms with Crippen molar-refractivity contribution in [3.05, 3.63) is 58.7 Å². The van der Waals surface area contributed by atoms with Crippen LogP contribution in [-0.4, -0.2) is 43.8 Å². The van der Waals surface area contributed by atoms with Gasteiger partial charge in [-0.1, -0.05) is 23.7 Å². The molecular formula is C20H26ClN5O. The average molecular weight is 388 g/mol. The molecule has 7 heteroatoms. The molecule has 1 aliphatic heterocycles. The predicted molar refractivity (Wildman–Crippen MR) is 110 cm³/mol. The number of rotatable bonds is 5. The molecule has 2 aromatic rings. The van der Waals surface area contributed by atoms with Crippen molar-refractivity contribution in [2.24, 2.45) is 4.99 Å². The fourth-order valence-electron chi connectivity index (χ4n) is 2.96. The minimum Gasteiger partial charge on any atom is -0.375 e. The van der Waals surface area contributed by atoms with E-state index in [1.54, 1.807) is 7.05 Å². The fraction of sp³-hybridized carbons (Fsp3) is 0.400. The molecule has 1 fully saturated rings. The maximum Gasteiger partial charge on any atom is 0.191 e. The summed E-state index contributed by atoms with van der Waals surface area (Å²) < 4.78 is 5.61. The Labute approximate surface area is 165 Å². The van der Waals surface area contributed by atoms with Gasteiger partial charge in [-0.15, -0.1) is 0 Å². The smallest absolute Gasteiger partial charge is 0.191 e. The van der Waals surface area contributed by atoms with E-state index in [9.17, 15) is 0 Å². The van der Waals surface area contributed by atoms with Crippen molar-refractivity contribution in [3.8, 4) is 0 Å². The lowest BCUT2D eigenvalue weighted by molar-refractivity contribution is 0.0529. The van der Waals surface area contributed by atoms with Crippen LogP contribution < -0.4 is 15.5 Å². The third-order valence-corrected chi connectivity index (χ3v) is 4.68. The second kappa shape index (κ2) is 9.58. The molecule has 1 saturated heterocycles. The number of anilines is 1. The Morgan fingerprint density at radius 3 is 2.67 bits per heavy atom. The fourth-order valence-corrected chi connectivity index (χ4v) is 3.09. The van der Waals surface area contributed by atoms with Crippen LogP contribution in [-0.2, 0) is 17.8 Å². The van der Waals surface area contributed by atoms with E-state index in [4.69, 9.17) is 16.3 Å². The molecule has 0 spiro atoms. The van der Waals surface area contributed by atoms with Gasteiger partial charge in [-0.05, 0) is 42.3 Å². The maximum atomic E-state index is 5.92. The molecule has 2 N–H and O–H groups in total. The molecule has 0 bridgehead atoms. The zero-order valence-corrected chi connectivity index (χ0v) is 16.5. The molecule has 0 radical (unpaired) electrons. The van der Waals surface area contributed by atoms with Gasteiger partial charge in [-0.3, -0.25) is 4.99 Å². The number of nitrogens with zero attached hydrogens (tertiary/aromatic N) is 3. The Bertz CT molecular complexity index is 765. The van der Waals surface area contributed by atoms with Gasteiger partial charge < -0.3 is 20.3 Å². The van der Waals surface area contributed by atoms with E-state index in [0.29, 0.717) is 13.1 Å². The minimum atomic E-state index is 0.234. The molecule has 144 valence electrons. The van der Waals surface area contributed by atoms with E-state index in [2.05, 4.69) is 38.5 Å². The summed E-state index contributed by atoms with van der Waals surface area (Å²) in [5, 5.41) is 7.40. The monoisotopic (exact) mass is 387 g/mol. The van der Waals surface area contributed by atoms with Crippen LogP contribution in [0.25, 0.3) is 0 Å². The number of aromatic nitrogens is 1. The van der Waals surface area contributed by atoms with Crippen LogP contribution in [0, 0.1) is 0 Å². The number of benzene rings is 1. The van der Waals surface area contributed by atoms with Crippen LogP contribution in [0.1, 0.15) is 18.1 Å². The standard InChI is InChI=1S/C20H26ClN5O/c1-15-14-26(9-10-27-15)19-11-17(7-8-23-19)13-25-20(22-2)24-12-16-3-5-18(21)6-4-16/h3-8,11,15H,9-10,12-14H2,1-2H3,(H2,22,24,25). The summed E-state index contributed by atoms with van der Waals surface area (Å²) >= 11 is 5.92. The molecule has 27 heavy (non-hydrogen) atoms. The molecule has 1 unspecified atom stereocenters. The predicted octanol–water partition coefficient (Wildman–Crippen LogP) is 2.83. The molecule has 1 atom stereocenters. The van der Waals surface area contributed by atoms with Crippen molar-refractivity contribution < 1.29 is 4.74 Å². The number of morpholine rings is 1. The molecule has 2 heterocycles. The van der Waals surface area contributed by atoms with Crippen LogP contribution in [0.5, 0.6) is 0 Å². The summed E-state index contributed by atoms with van der Waals surface area (Å²) in [6.07, 6.45) is 2.09. The number of halogens is 1. The highest BCUT2D eigenvalue weighted by molar-refractivity contribution is 6.30. The summed E-state index contributed by atoms with van der Waals surface area (Å²) in [6.45, 7) is 5.94. The van der Waals surface area contributed by atoms with Crippen LogP contribution in [0.15, 0.2) is 47.6 Å². The van der Waals surface area contributed by atoms with Crippen molar-refractivity contribution >= 4 is 23.4 Å². The Hall–Kier alpha value is -2.31. The minimum absolute atomic E-state index is 0.234. The Balaban J connectivity index is 1.53. The summed E-state index contributed by atoms with van der Waals surface area (Å²) in [5.41, 5.74) is 2.31. The molecule has 3 rings (SSSR count). The zero-order chi connectivity index (χ0) is 19.1. The van der Waals surface area contributed by atoms with Gasteiger partial charge in [0.1, 0.15) is 5.82 Å². The van der Waals surface area contributed by atoms with Gasteiger partial charge in [0.25, 0.3) is 0 Å². The van der Waals surface area contributed by atoms with Crippen molar-refractivity contribution in [3.63, 3.8) is 0 Å². The first kappa shape index (κ1) is 19.5. The summed E-state index contributed by atoms with van der Waals surface area (Å²) in [6, 6.07) is 11.9. The van der Waals surface area contributed by atoms with Gasteiger partial charge >= 0.3 is 0 Å². The highest BCUT2D eigenvalue weighted by Gasteiger charge is 2.18. The lowest BCUT2D eigenvalue weighted by Gasteiger charge is -2.32. The maximum absolute atomic E-state index is 5.92. The largest absolute Gasteiger partial charge is 0.375 e. The van der Waals surface area contributed by atoms with Gasteiger partial charge in [0.2, 0.25) is 0 Å². The third kappa shape index (κ3) is 5.84. The summed E-state index contributed by atoms with van der Waals surface area (Å²) in [4.78, 5) is 11.1. The summed E-state index contributed by atoms with van der Waals surface area (Å²) in [5.74, 6) is 1.75. The SMILES string of the molecule is CN=C(NCc1ccc(Cl)cc1)NCc1ccnc(N2CCOC(C)C2)c1. The van der Waals surface area contributed by atoms with Gasteiger partial charge in [0, 0.05) is 44.4 Å². The second-order valence-electron chi connectivity index (χ2n) is 6.56. The van der Waals surface area contributed by atoms with Crippen LogP contribution >= 0.6 is 11.6 Å². The normalized spacial score (nSPS) is 17.7. The molecular weight excluding hydrogens is 362 g/mol. The van der Waals surface area contributed by atoms with Crippen LogP contribution in [0.4, 0.5) is 5.82 Å². The van der Waals surface area contributed by atoms with Crippen molar-refractivity contribution in [1.29, 1.82) is 0 Å². The number of hydrogen-bond acceptors (Lipinski definition) is 4. The number of ether oxygens (including phenoxy) is 1. The third-order valence-electron chi connectivity index (χ3n) is 4.43. The molecule has 6 nitrogen and oxygen atoms in total. The Morgan fingerprint density at radius 1 is 1.22 bits per heavy atom. The van der Waals surface area contributed by atoms with Crippen molar-refractivity contribution in [2.75, 3.05) is 31.6 Å². The van der Waals surface area contributed by atoms with Gasteiger partial charge in [0.15, 0.2) is 5.96 Å². The van der Waals surface area contributed by atoms with Crippen molar-refractivity contribution in [1.82, 2.24) is 15.6 Å². The average Bonchev–Trinajstić information content (AvgIpc) is 2.70. The first-order valence-corrected chi connectivity index (χ1v) is 9.52. The highest BCUT2D eigenvalue weighted by atomic mass is 35.5. The number of guanidine groups is 1. The van der Waals surface area contributed by atoms with E-state index in [0.717, 1.165) is 47.6 Å². The van der Waals surface area contributed by atoms with Crippen LogP contribution in [0.2, 0.25) is 5.02 Å². The Morgan fingerprint density at radius 2 is 1.96 bits per heavy atom. The number of nitrogens with one attached hydrogen (secondary N) is 2. The number of pyridine rings is 1. The molecule has 0 saturated carbocycles. The molecule has 1 aromatic heterocycles. The molecule has 0 amide bonds. The molecule has 1 aromatic carbocycles. The number of aliphatic imine (C=N–C) groups is 1. The lowest BCUT2D eigenvalue weighted by atomic mass is 10.2. The quantitative estimate of drug-likeness (QED) is 0.610. The van der Waals surface area contributed by atoms with Gasteiger partial charge in [-0.25, -0.2) is 4.98 Å². The second-order valence-corrected chi connectivity index (χ2v) is 6.99. The Kier molecular flexibility index (Phi) is 6.90. The van der Waals surface area contributed by atoms with E-state index in [-0.39, 0.29) is 6.10 Å². The van der Waals surface area contributed by atoms with E-state index < -0.39 is 0 Å². The highest BCUT2D eigenvalue weighted by Crippen LogP contribution is 2.16. The summed E-state index contributed by atoms with van der Waals surface area (Å²) in [7, 11) is 1.77. The van der Waals surface area contributed by atoms with Gasteiger partial charge in [-0.2, -0.15) is 0 Å². The molecule has 0 aliphatic carbocycles. The lowest BCUT2D eigenvalue weighted by Crippen LogP contribution is -2.41.